The highest BCUT2D eigenvalue weighted by molar-refractivity contribution is 5.78. The maximum atomic E-state index is 12.2. The van der Waals surface area contributed by atoms with Crippen LogP contribution in [0.5, 0.6) is 0 Å². The highest BCUT2D eigenvalue weighted by atomic mass is 16.5. The molecule has 2 atom stereocenters. The van der Waals surface area contributed by atoms with Crippen molar-refractivity contribution in [2.75, 3.05) is 19.7 Å². The molecule has 2 aliphatic rings. The Bertz CT molecular complexity index is 301. The second-order valence-electron chi connectivity index (χ2n) is 6.53. The molecule has 0 spiro atoms. The summed E-state index contributed by atoms with van der Waals surface area (Å²) in [6.45, 7) is 6.32. The zero-order valence-electron chi connectivity index (χ0n) is 13.1. The first kappa shape index (κ1) is 15.8. The lowest BCUT2D eigenvalue weighted by atomic mass is 9.97. The van der Waals surface area contributed by atoms with Gasteiger partial charge in [0, 0.05) is 18.6 Å². The molecular formula is C16H30N2O2. The fourth-order valence-corrected chi connectivity index (χ4v) is 3.25. The Labute approximate surface area is 123 Å². The van der Waals surface area contributed by atoms with E-state index < -0.39 is 0 Å². The van der Waals surface area contributed by atoms with E-state index in [4.69, 9.17) is 4.74 Å². The highest BCUT2D eigenvalue weighted by Crippen LogP contribution is 2.17. The first-order chi connectivity index (χ1) is 9.65. The molecule has 2 unspecified atom stereocenters. The van der Waals surface area contributed by atoms with Crippen LogP contribution in [0.4, 0.5) is 0 Å². The lowest BCUT2D eigenvalue weighted by Gasteiger charge is -2.36. The minimum Gasteiger partial charge on any atom is -0.376 e. The van der Waals surface area contributed by atoms with Crippen LogP contribution in [0.25, 0.3) is 0 Å². The van der Waals surface area contributed by atoms with Gasteiger partial charge in [-0.15, -0.1) is 0 Å². The Balaban J connectivity index is 1.75. The molecule has 1 aliphatic carbocycles. The van der Waals surface area contributed by atoms with Crippen molar-refractivity contribution >= 4 is 5.91 Å². The molecule has 1 saturated carbocycles. The molecule has 1 heterocycles. The lowest BCUT2D eigenvalue weighted by Crippen LogP contribution is -2.52. The smallest absolute Gasteiger partial charge is 0.234 e. The Kier molecular flexibility index (Phi) is 6.30. The summed E-state index contributed by atoms with van der Waals surface area (Å²) < 4.78 is 5.61. The quantitative estimate of drug-likeness (QED) is 0.864. The third-order valence-electron chi connectivity index (χ3n) is 4.55. The molecule has 0 aromatic rings. The summed E-state index contributed by atoms with van der Waals surface area (Å²) in [6, 6.07) is 0.742. The van der Waals surface area contributed by atoms with Crippen LogP contribution < -0.4 is 5.32 Å². The van der Waals surface area contributed by atoms with Crippen LogP contribution in [0.15, 0.2) is 0 Å². The molecule has 0 aromatic heterocycles. The van der Waals surface area contributed by atoms with E-state index in [-0.39, 0.29) is 12.0 Å². The van der Waals surface area contributed by atoms with Gasteiger partial charge >= 0.3 is 0 Å². The molecule has 4 heteroatoms. The summed E-state index contributed by atoms with van der Waals surface area (Å²) in [7, 11) is 0. The number of carbonyl (C=O) groups is 1. The number of nitrogens with zero attached hydrogens (tertiary/aromatic N) is 1. The van der Waals surface area contributed by atoms with Gasteiger partial charge < -0.3 is 10.1 Å². The van der Waals surface area contributed by atoms with E-state index in [1.807, 2.05) is 0 Å². The minimum atomic E-state index is 0.191. The Morgan fingerprint density at radius 3 is 2.50 bits per heavy atom. The molecule has 1 N–H and O–H groups in total. The maximum Gasteiger partial charge on any atom is 0.234 e. The first-order valence-corrected chi connectivity index (χ1v) is 8.30. The third kappa shape index (κ3) is 5.06. The minimum absolute atomic E-state index is 0.191. The van der Waals surface area contributed by atoms with Crippen molar-refractivity contribution in [2.24, 2.45) is 0 Å². The van der Waals surface area contributed by atoms with Gasteiger partial charge in [0.25, 0.3) is 0 Å². The average Bonchev–Trinajstić information content (AvgIpc) is 2.37. The van der Waals surface area contributed by atoms with Gasteiger partial charge in [0.1, 0.15) is 0 Å². The summed E-state index contributed by atoms with van der Waals surface area (Å²) >= 11 is 0. The largest absolute Gasteiger partial charge is 0.376 e. The van der Waals surface area contributed by atoms with Gasteiger partial charge in [-0.05, 0) is 26.7 Å². The first-order valence-electron chi connectivity index (χ1n) is 8.30. The van der Waals surface area contributed by atoms with E-state index in [1.54, 1.807) is 0 Å². The number of hydrogen-bond donors (Lipinski definition) is 1. The van der Waals surface area contributed by atoms with Crippen molar-refractivity contribution < 1.29 is 9.53 Å². The molecule has 4 nitrogen and oxygen atoms in total. The van der Waals surface area contributed by atoms with Crippen LogP contribution in [-0.2, 0) is 9.53 Å². The normalized spacial score (nSPS) is 30.5. The Hall–Kier alpha value is -0.610. The van der Waals surface area contributed by atoms with E-state index in [0.717, 1.165) is 26.0 Å². The number of carbonyl (C=O) groups excluding carboxylic acids is 1. The average molecular weight is 282 g/mol. The fraction of sp³-hybridized carbons (Fsp3) is 0.938. The maximum absolute atomic E-state index is 12.2. The monoisotopic (exact) mass is 282 g/mol. The van der Waals surface area contributed by atoms with E-state index in [0.29, 0.717) is 18.6 Å². The van der Waals surface area contributed by atoms with Crippen molar-refractivity contribution in [3.63, 3.8) is 0 Å². The Morgan fingerprint density at radius 1 is 1.15 bits per heavy atom. The molecule has 0 aromatic carbocycles. The molecule has 1 saturated heterocycles. The number of amides is 1. The van der Waals surface area contributed by atoms with Crippen LogP contribution in [0.2, 0.25) is 0 Å². The van der Waals surface area contributed by atoms with Crippen LogP contribution in [0.1, 0.15) is 58.8 Å². The highest BCUT2D eigenvalue weighted by Gasteiger charge is 2.25. The summed E-state index contributed by atoms with van der Waals surface area (Å²) in [4.78, 5) is 14.5. The van der Waals surface area contributed by atoms with E-state index in [1.165, 1.54) is 32.1 Å². The van der Waals surface area contributed by atoms with E-state index >= 15 is 0 Å². The van der Waals surface area contributed by atoms with E-state index in [2.05, 4.69) is 24.1 Å². The summed E-state index contributed by atoms with van der Waals surface area (Å²) in [6.07, 6.45) is 9.08. The topological polar surface area (TPSA) is 41.6 Å². The van der Waals surface area contributed by atoms with E-state index in [9.17, 15) is 4.79 Å². The predicted octanol–water partition coefficient (Wildman–Crippen LogP) is 2.32. The van der Waals surface area contributed by atoms with Crippen molar-refractivity contribution in [1.82, 2.24) is 10.2 Å². The molecule has 0 bridgehead atoms. The van der Waals surface area contributed by atoms with Crippen molar-refractivity contribution in [2.45, 2.75) is 77.0 Å². The second kappa shape index (κ2) is 7.99. The van der Waals surface area contributed by atoms with Crippen molar-refractivity contribution in [3.8, 4) is 0 Å². The predicted molar refractivity (Wildman–Crippen MR) is 80.7 cm³/mol. The zero-order valence-corrected chi connectivity index (χ0v) is 13.1. The summed E-state index contributed by atoms with van der Waals surface area (Å²) in [5, 5.41) is 3.25. The summed E-state index contributed by atoms with van der Waals surface area (Å²) in [5.74, 6) is 0.191. The molecular weight excluding hydrogens is 252 g/mol. The molecule has 20 heavy (non-hydrogen) atoms. The van der Waals surface area contributed by atoms with Gasteiger partial charge in [-0.3, -0.25) is 9.69 Å². The SMILES string of the molecule is CC1CN(CC(=O)NC2CCCCCCC2)C(C)CO1. The van der Waals surface area contributed by atoms with Gasteiger partial charge in [-0.1, -0.05) is 32.1 Å². The summed E-state index contributed by atoms with van der Waals surface area (Å²) in [5.41, 5.74) is 0. The number of nitrogens with one attached hydrogen (secondary N) is 1. The van der Waals surface area contributed by atoms with Crippen LogP contribution in [-0.4, -0.2) is 48.7 Å². The number of rotatable bonds is 3. The van der Waals surface area contributed by atoms with Crippen molar-refractivity contribution in [3.05, 3.63) is 0 Å². The van der Waals surface area contributed by atoms with Gasteiger partial charge in [-0.25, -0.2) is 0 Å². The third-order valence-corrected chi connectivity index (χ3v) is 4.55. The van der Waals surface area contributed by atoms with Crippen LogP contribution >= 0.6 is 0 Å². The fourth-order valence-electron chi connectivity index (χ4n) is 3.25. The Morgan fingerprint density at radius 2 is 1.80 bits per heavy atom. The van der Waals surface area contributed by atoms with Gasteiger partial charge in [0.2, 0.25) is 5.91 Å². The van der Waals surface area contributed by atoms with Gasteiger partial charge in [0.15, 0.2) is 0 Å². The molecule has 1 aliphatic heterocycles. The van der Waals surface area contributed by atoms with Gasteiger partial charge in [-0.2, -0.15) is 0 Å². The number of ether oxygens (including phenoxy) is 1. The zero-order chi connectivity index (χ0) is 14.4. The molecule has 2 fully saturated rings. The number of morpholine rings is 1. The van der Waals surface area contributed by atoms with Crippen LogP contribution in [0.3, 0.4) is 0 Å². The molecule has 2 rings (SSSR count). The van der Waals surface area contributed by atoms with Crippen LogP contribution in [0, 0.1) is 0 Å². The molecule has 116 valence electrons. The second-order valence-corrected chi connectivity index (χ2v) is 6.53. The van der Waals surface area contributed by atoms with Crippen molar-refractivity contribution in [1.29, 1.82) is 0 Å². The molecule has 1 amide bonds. The standard InChI is InChI=1S/C16H30N2O2/c1-13-12-20-14(2)10-18(13)11-16(19)17-15-8-6-4-3-5-7-9-15/h13-15H,3-12H2,1-2H3,(H,17,19). The molecule has 0 radical (unpaired) electrons. The van der Waals surface area contributed by atoms with Gasteiger partial charge in [0.05, 0.1) is 19.3 Å². The number of hydrogen-bond acceptors (Lipinski definition) is 3. The lowest BCUT2D eigenvalue weighted by molar-refractivity contribution is -0.126.